The van der Waals surface area contributed by atoms with Crippen LogP contribution in [-0.2, 0) is 6.42 Å². The third-order valence-corrected chi connectivity index (χ3v) is 4.80. The van der Waals surface area contributed by atoms with Gasteiger partial charge in [-0.05, 0) is 18.2 Å². The molecule has 1 amide bonds. The van der Waals surface area contributed by atoms with Crippen LogP contribution in [0.5, 0.6) is 0 Å². The Morgan fingerprint density at radius 3 is 2.96 bits per heavy atom. The zero-order valence-corrected chi connectivity index (χ0v) is 14.4. The molecule has 4 heterocycles. The van der Waals surface area contributed by atoms with Crippen molar-refractivity contribution < 1.29 is 18.0 Å². The lowest BCUT2D eigenvalue weighted by Gasteiger charge is -2.33. The van der Waals surface area contributed by atoms with Crippen molar-refractivity contribution in [2.24, 2.45) is 0 Å². The molecule has 0 unspecified atom stereocenters. The molecule has 10 heteroatoms. The smallest absolute Gasteiger partial charge is 0.333 e. The summed E-state index contributed by atoms with van der Waals surface area (Å²) in [5.41, 5.74) is 2.47. The van der Waals surface area contributed by atoms with E-state index in [4.69, 9.17) is 4.42 Å². The Kier molecular flexibility index (Phi) is 3.71. The molecule has 1 aliphatic rings. The summed E-state index contributed by atoms with van der Waals surface area (Å²) in [6.45, 7) is -2.62. The van der Waals surface area contributed by atoms with Gasteiger partial charge in [0.1, 0.15) is 11.2 Å². The molecule has 0 saturated heterocycles. The molecule has 28 heavy (non-hydrogen) atoms. The van der Waals surface area contributed by atoms with Crippen LogP contribution in [0, 0.1) is 0 Å². The van der Waals surface area contributed by atoms with Crippen molar-refractivity contribution in [3.8, 4) is 0 Å². The quantitative estimate of drug-likeness (QED) is 0.586. The maximum absolute atomic E-state index is 13.2. The zero-order chi connectivity index (χ0) is 19.3. The van der Waals surface area contributed by atoms with Gasteiger partial charge in [-0.1, -0.05) is 12.1 Å². The van der Waals surface area contributed by atoms with Gasteiger partial charge in [0.25, 0.3) is 5.91 Å². The lowest BCUT2D eigenvalue weighted by molar-refractivity contribution is 0.0435. The molecule has 4 aromatic rings. The Labute approximate surface area is 156 Å². The first-order valence-electron chi connectivity index (χ1n) is 8.63. The molecule has 5 rings (SSSR count). The van der Waals surface area contributed by atoms with Crippen molar-refractivity contribution in [3.05, 3.63) is 65.8 Å². The second-order valence-corrected chi connectivity index (χ2v) is 6.38. The highest BCUT2D eigenvalue weighted by atomic mass is 19.3. The molecule has 3 aromatic heterocycles. The van der Waals surface area contributed by atoms with Crippen molar-refractivity contribution >= 4 is 17.0 Å². The van der Waals surface area contributed by atoms with E-state index in [1.165, 1.54) is 23.5 Å². The van der Waals surface area contributed by atoms with Gasteiger partial charge in [0.05, 0.1) is 12.0 Å². The molecule has 142 valence electrons. The number of hydrogen-bond acceptors (Lipinski definition) is 5. The van der Waals surface area contributed by atoms with Gasteiger partial charge in [-0.3, -0.25) is 4.79 Å². The molecule has 0 saturated carbocycles. The van der Waals surface area contributed by atoms with Gasteiger partial charge in [-0.15, -0.1) is 0 Å². The normalized spacial score (nSPS) is 16.7. The number of fused-ring (bicyclic) bond motifs is 2. The highest BCUT2D eigenvalue weighted by Gasteiger charge is 2.39. The fourth-order valence-corrected chi connectivity index (χ4v) is 3.54. The van der Waals surface area contributed by atoms with Crippen LogP contribution in [0.15, 0.2) is 47.3 Å². The number of aromatic nitrogens is 5. The van der Waals surface area contributed by atoms with Crippen LogP contribution in [0.25, 0.3) is 11.1 Å². The fraction of sp³-hybridized carbons (Fsp3) is 0.222. The van der Waals surface area contributed by atoms with E-state index in [0.29, 0.717) is 34.4 Å². The SMILES string of the molecule is O=C(c1ccnn1C(F)F)N1CCc2[nH]cnc2[C@H]1c1nc2ccccc2o1. The monoisotopic (exact) mass is 384 g/mol. The molecule has 0 bridgehead atoms. The second-order valence-electron chi connectivity index (χ2n) is 6.38. The lowest BCUT2D eigenvalue weighted by Crippen LogP contribution is -2.41. The average molecular weight is 384 g/mol. The molecule has 0 radical (unpaired) electrons. The van der Waals surface area contributed by atoms with E-state index in [-0.39, 0.29) is 11.6 Å². The zero-order valence-electron chi connectivity index (χ0n) is 14.4. The van der Waals surface area contributed by atoms with Gasteiger partial charge < -0.3 is 14.3 Å². The summed E-state index contributed by atoms with van der Waals surface area (Å²) in [4.78, 5) is 26.5. The summed E-state index contributed by atoms with van der Waals surface area (Å²) in [6, 6.07) is 7.78. The number of imidazole rings is 1. The first-order valence-corrected chi connectivity index (χ1v) is 8.63. The topological polar surface area (TPSA) is 92.8 Å². The van der Waals surface area contributed by atoms with E-state index in [1.54, 1.807) is 12.1 Å². The van der Waals surface area contributed by atoms with E-state index in [9.17, 15) is 13.6 Å². The maximum atomic E-state index is 13.2. The van der Waals surface area contributed by atoms with Crippen LogP contribution in [0.1, 0.15) is 40.4 Å². The minimum absolute atomic E-state index is 0.199. The molecule has 0 aliphatic carbocycles. The average Bonchev–Trinajstić information content (AvgIpc) is 3.44. The Hall–Kier alpha value is -3.56. The number of oxazole rings is 1. The summed E-state index contributed by atoms with van der Waals surface area (Å²) in [6.07, 6.45) is 3.23. The summed E-state index contributed by atoms with van der Waals surface area (Å²) in [5.74, 6) is -0.301. The molecular formula is C18H14F2N6O2. The van der Waals surface area contributed by atoms with E-state index >= 15 is 0 Å². The Balaban J connectivity index is 1.62. The van der Waals surface area contributed by atoms with Gasteiger partial charge in [0, 0.05) is 24.9 Å². The van der Waals surface area contributed by atoms with Gasteiger partial charge in [-0.2, -0.15) is 18.6 Å². The number of halogens is 2. The van der Waals surface area contributed by atoms with Crippen LogP contribution in [0.4, 0.5) is 8.78 Å². The number of benzene rings is 1. The summed E-state index contributed by atoms with van der Waals surface area (Å²) in [7, 11) is 0. The second kappa shape index (κ2) is 6.25. The van der Waals surface area contributed by atoms with Gasteiger partial charge in [0.15, 0.2) is 11.6 Å². The van der Waals surface area contributed by atoms with E-state index in [1.807, 2.05) is 12.1 Å². The van der Waals surface area contributed by atoms with Crippen molar-refractivity contribution in [1.82, 2.24) is 29.6 Å². The number of hydrogen-bond donors (Lipinski definition) is 1. The molecule has 8 nitrogen and oxygen atoms in total. The van der Waals surface area contributed by atoms with Gasteiger partial charge in [-0.25, -0.2) is 9.97 Å². The number of carbonyl (C=O) groups excluding carboxylic acids is 1. The van der Waals surface area contributed by atoms with Crippen molar-refractivity contribution in [3.63, 3.8) is 0 Å². The number of para-hydroxylation sites is 2. The van der Waals surface area contributed by atoms with Gasteiger partial charge in [0.2, 0.25) is 5.89 Å². The van der Waals surface area contributed by atoms with Crippen molar-refractivity contribution in [1.29, 1.82) is 0 Å². The lowest BCUT2D eigenvalue weighted by atomic mass is 10.0. The first kappa shape index (κ1) is 16.6. The summed E-state index contributed by atoms with van der Waals surface area (Å²) < 4.78 is 32.7. The number of nitrogens with one attached hydrogen (secondary N) is 1. The molecule has 1 N–H and O–H groups in total. The van der Waals surface area contributed by atoms with Crippen LogP contribution in [0.3, 0.4) is 0 Å². The predicted molar refractivity (Wildman–Crippen MR) is 92.7 cm³/mol. The van der Waals surface area contributed by atoms with Crippen LogP contribution >= 0.6 is 0 Å². The Morgan fingerprint density at radius 2 is 2.14 bits per heavy atom. The van der Waals surface area contributed by atoms with Crippen LogP contribution < -0.4 is 0 Å². The third kappa shape index (κ3) is 2.48. The molecule has 1 atom stereocenters. The highest BCUT2D eigenvalue weighted by molar-refractivity contribution is 5.93. The van der Waals surface area contributed by atoms with Gasteiger partial charge >= 0.3 is 6.55 Å². The maximum Gasteiger partial charge on any atom is 0.333 e. The molecular weight excluding hydrogens is 370 g/mol. The van der Waals surface area contributed by atoms with E-state index < -0.39 is 18.5 Å². The number of aromatic amines is 1. The standard InChI is InChI=1S/C18H14F2N6O2/c19-18(20)26-12(5-7-23-26)17(27)25-8-6-11-14(22-9-21-11)15(25)16-24-10-3-1-2-4-13(10)28-16/h1-5,7,9,15,18H,6,8H2,(H,21,22)/t15-/m0/s1. The largest absolute Gasteiger partial charge is 0.438 e. The number of amides is 1. The summed E-state index contributed by atoms with van der Waals surface area (Å²) in [5, 5.41) is 3.56. The van der Waals surface area contributed by atoms with Crippen LogP contribution in [-0.4, -0.2) is 42.1 Å². The number of carbonyl (C=O) groups is 1. The van der Waals surface area contributed by atoms with Crippen molar-refractivity contribution in [2.45, 2.75) is 19.0 Å². The Bertz CT molecular complexity index is 1130. The molecule has 1 aliphatic heterocycles. The number of H-pyrrole nitrogens is 1. The van der Waals surface area contributed by atoms with E-state index in [2.05, 4.69) is 20.1 Å². The molecule has 1 aromatic carbocycles. The minimum atomic E-state index is -2.91. The summed E-state index contributed by atoms with van der Waals surface area (Å²) >= 11 is 0. The number of rotatable bonds is 3. The predicted octanol–water partition coefficient (Wildman–Crippen LogP) is 2.93. The van der Waals surface area contributed by atoms with Crippen LogP contribution in [0.2, 0.25) is 0 Å². The molecule has 0 fully saturated rings. The fourth-order valence-electron chi connectivity index (χ4n) is 3.54. The highest BCUT2D eigenvalue weighted by Crippen LogP contribution is 2.35. The third-order valence-electron chi connectivity index (χ3n) is 4.80. The Morgan fingerprint density at radius 1 is 1.29 bits per heavy atom. The minimum Gasteiger partial charge on any atom is -0.438 e. The first-order chi connectivity index (χ1) is 13.6. The molecule has 0 spiro atoms. The van der Waals surface area contributed by atoms with Crippen molar-refractivity contribution in [2.75, 3.05) is 6.54 Å². The van der Waals surface area contributed by atoms with E-state index in [0.717, 1.165) is 5.69 Å². The number of alkyl halides is 2. The number of nitrogens with zero attached hydrogens (tertiary/aromatic N) is 5.